The molecule has 4 heterocycles. The van der Waals surface area contributed by atoms with Gasteiger partial charge in [0, 0.05) is 56.4 Å². The lowest BCUT2D eigenvalue weighted by atomic mass is 10.2. The van der Waals surface area contributed by atoms with E-state index in [2.05, 4.69) is 20.1 Å². The molecule has 0 radical (unpaired) electrons. The Morgan fingerprint density at radius 1 is 1.19 bits per heavy atom. The first-order valence-electron chi connectivity index (χ1n) is 8.13. The third-order valence-corrected chi connectivity index (χ3v) is 5.06. The molecule has 1 aliphatic rings. The molecule has 0 bridgehead atoms. The summed E-state index contributed by atoms with van der Waals surface area (Å²) in [5.41, 5.74) is 0.553. The summed E-state index contributed by atoms with van der Waals surface area (Å²) in [5.74, 6) is -0.197. The van der Waals surface area contributed by atoms with E-state index in [4.69, 9.17) is 0 Å². The summed E-state index contributed by atoms with van der Waals surface area (Å²) in [4.78, 5) is 44.6. The third kappa shape index (κ3) is 3.28. The minimum Gasteiger partial charge on any atom is -0.335 e. The molecule has 3 aromatic heterocycles. The van der Waals surface area contributed by atoms with Gasteiger partial charge in [-0.15, -0.1) is 11.3 Å². The maximum absolute atomic E-state index is 12.4. The molecular formula is C16H16N6O3S. The molecule has 3 aromatic rings. The number of hydrogen-bond donors (Lipinski definition) is 1. The van der Waals surface area contributed by atoms with E-state index in [1.54, 1.807) is 17.2 Å². The molecule has 9 nitrogen and oxygen atoms in total. The molecule has 0 atom stereocenters. The predicted octanol–water partition coefficient (Wildman–Crippen LogP) is -0.203. The van der Waals surface area contributed by atoms with Crippen molar-refractivity contribution in [2.24, 2.45) is 0 Å². The van der Waals surface area contributed by atoms with E-state index in [0.29, 0.717) is 37.7 Å². The van der Waals surface area contributed by atoms with Crippen molar-refractivity contribution in [2.45, 2.75) is 6.54 Å². The van der Waals surface area contributed by atoms with Crippen LogP contribution in [0.15, 0.2) is 39.4 Å². The number of carbonyl (C=O) groups is 1. The van der Waals surface area contributed by atoms with Gasteiger partial charge in [-0.3, -0.25) is 23.7 Å². The summed E-state index contributed by atoms with van der Waals surface area (Å²) in [6.07, 6.45) is 1.72. The van der Waals surface area contributed by atoms with Crippen LogP contribution in [0.4, 0.5) is 0 Å². The van der Waals surface area contributed by atoms with Crippen LogP contribution in [-0.2, 0) is 6.54 Å². The van der Waals surface area contributed by atoms with Gasteiger partial charge in [-0.25, -0.2) is 10.1 Å². The largest absolute Gasteiger partial charge is 0.335 e. The molecule has 26 heavy (non-hydrogen) atoms. The molecule has 1 fully saturated rings. The highest BCUT2D eigenvalue weighted by Crippen LogP contribution is 2.11. The number of carbonyl (C=O) groups excluding carboxylic acids is 1. The highest BCUT2D eigenvalue weighted by atomic mass is 32.1. The molecule has 1 N–H and O–H groups in total. The Balaban J connectivity index is 1.40. The molecule has 1 aliphatic heterocycles. The Kier molecular flexibility index (Phi) is 4.35. The summed E-state index contributed by atoms with van der Waals surface area (Å²) in [7, 11) is 0. The van der Waals surface area contributed by atoms with E-state index in [9.17, 15) is 14.4 Å². The molecule has 10 heteroatoms. The standard InChI is InChI=1S/C16H16N6O3S/c23-13-2-1-12(18-19-13)15(25)21-5-3-20(4-6-21)10-11-9-14(24)22-7-8-26-16(22)17-11/h1-2,7-9H,3-6,10H2,(H,19,23). The quantitative estimate of drug-likeness (QED) is 0.683. The Morgan fingerprint density at radius 3 is 2.73 bits per heavy atom. The Morgan fingerprint density at radius 2 is 2.00 bits per heavy atom. The van der Waals surface area contributed by atoms with Crippen LogP contribution >= 0.6 is 11.3 Å². The first-order chi connectivity index (χ1) is 12.6. The average molecular weight is 372 g/mol. The van der Waals surface area contributed by atoms with E-state index in [1.807, 2.05) is 5.38 Å². The number of aromatic amines is 1. The molecule has 0 aromatic carbocycles. The van der Waals surface area contributed by atoms with Gasteiger partial charge >= 0.3 is 0 Å². The van der Waals surface area contributed by atoms with Gasteiger partial charge in [-0.05, 0) is 6.07 Å². The summed E-state index contributed by atoms with van der Waals surface area (Å²) in [6, 6.07) is 4.28. The number of nitrogens with one attached hydrogen (secondary N) is 1. The van der Waals surface area contributed by atoms with Crippen molar-refractivity contribution >= 4 is 22.2 Å². The van der Waals surface area contributed by atoms with Gasteiger partial charge in [-0.1, -0.05) is 0 Å². The second-order valence-electron chi connectivity index (χ2n) is 6.02. The van der Waals surface area contributed by atoms with Crippen LogP contribution in [-0.4, -0.2) is 61.5 Å². The number of nitrogens with zero attached hydrogens (tertiary/aromatic N) is 5. The minimum absolute atomic E-state index is 0.0794. The second kappa shape index (κ2) is 6.81. The number of aromatic nitrogens is 4. The third-order valence-electron chi connectivity index (χ3n) is 4.30. The molecular weight excluding hydrogens is 356 g/mol. The van der Waals surface area contributed by atoms with Gasteiger partial charge in [0.1, 0.15) is 5.69 Å². The van der Waals surface area contributed by atoms with Crippen molar-refractivity contribution in [2.75, 3.05) is 26.2 Å². The number of amides is 1. The van der Waals surface area contributed by atoms with E-state index in [-0.39, 0.29) is 22.7 Å². The fourth-order valence-corrected chi connectivity index (χ4v) is 3.67. The van der Waals surface area contributed by atoms with E-state index in [1.165, 1.54) is 27.9 Å². The molecule has 4 rings (SSSR count). The maximum Gasteiger partial charge on any atom is 0.274 e. The highest BCUT2D eigenvalue weighted by molar-refractivity contribution is 7.15. The molecule has 134 valence electrons. The summed E-state index contributed by atoms with van der Waals surface area (Å²) in [6.45, 7) is 3.05. The van der Waals surface area contributed by atoms with Crippen LogP contribution in [0.25, 0.3) is 4.96 Å². The zero-order valence-electron chi connectivity index (χ0n) is 13.8. The van der Waals surface area contributed by atoms with Crippen molar-refractivity contribution in [3.8, 4) is 0 Å². The molecule has 1 amide bonds. The molecule has 0 aliphatic carbocycles. The Bertz CT molecular complexity index is 1040. The fraction of sp³-hybridized carbons (Fsp3) is 0.312. The summed E-state index contributed by atoms with van der Waals surface area (Å²) >= 11 is 1.43. The van der Waals surface area contributed by atoms with E-state index < -0.39 is 0 Å². The lowest BCUT2D eigenvalue weighted by molar-refractivity contribution is 0.0620. The molecule has 0 spiro atoms. The minimum atomic E-state index is -0.336. The Hall–Kier alpha value is -2.85. The topological polar surface area (TPSA) is 104 Å². The van der Waals surface area contributed by atoms with E-state index in [0.717, 1.165) is 5.69 Å². The van der Waals surface area contributed by atoms with Crippen molar-refractivity contribution in [3.05, 3.63) is 61.9 Å². The van der Waals surface area contributed by atoms with Gasteiger partial charge < -0.3 is 4.90 Å². The van der Waals surface area contributed by atoms with Crippen LogP contribution in [0.1, 0.15) is 16.2 Å². The first kappa shape index (κ1) is 16.6. The molecule has 1 saturated heterocycles. The monoisotopic (exact) mass is 372 g/mol. The van der Waals surface area contributed by atoms with Crippen molar-refractivity contribution < 1.29 is 4.79 Å². The predicted molar refractivity (Wildman–Crippen MR) is 95.4 cm³/mol. The number of hydrogen-bond acceptors (Lipinski definition) is 7. The summed E-state index contributed by atoms with van der Waals surface area (Å²) < 4.78 is 1.53. The second-order valence-corrected chi connectivity index (χ2v) is 6.89. The van der Waals surface area contributed by atoms with Crippen LogP contribution in [0.5, 0.6) is 0 Å². The van der Waals surface area contributed by atoms with E-state index >= 15 is 0 Å². The number of thiazole rings is 1. The van der Waals surface area contributed by atoms with Gasteiger partial charge in [0.15, 0.2) is 4.96 Å². The van der Waals surface area contributed by atoms with Crippen LogP contribution in [0.2, 0.25) is 0 Å². The highest BCUT2D eigenvalue weighted by Gasteiger charge is 2.23. The lowest BCUT2D eigenvalue weighted by Crippen LogP contribution is -2.48. The van der Waals surface area contributed by atoms with Gasteiger partial charge in [-0.2, -0.15) is 5.10 Å². The Labute approximate surface area is 151 Å². The fourth-order valence-electron chi connectivity index (χ4n) is 2.93. The summed E-state index contributed by atoms with van der Waals surface area (Å²) in [5, 5.41) is 7.90. The van der Waals surface area contributed by atoms with Gasteiger partial charge in [0.25, 0.3) is 17.0 Å². The number of rotatable bonds is 3. The normalized spacial score (nSPS) is 15.5. The van der Waals surface area contributed by atoms with Crippen molar-refractivity contribution in [3.63, 3.8) is 0 Å². The average Bonchev–Trinajstić information content (AvgIpc) is 3.12. The first-order valence-corrected chi connectivity index (χ1v) is 9.01. The number of H-pyrrole nitrogens is 1. The number of piperazine rings is 1. The van der Waals surface area contributed by atoms with Crippen LogP contribution < -0.4 is 11.1 Å². The van der Waals surface area contributed by atoms with Crippen molar-refractivity contribution in [1.82, 2.24) is 29.4 Å². The SMILES string of the molecule is O=C(c1ccc(=O)[nH]n1)N1CCN(Cc2cc(=O)n3ccsc3n2)CC1. The molecule has 0 saturated carbocycles. The zero-order chi connectivity index (χ0) is 18.1. The van der Waals surface area contributed by atoms with Gasteiger partial charge in [0.2, 0.25) is 0 Å². The van der Waals surface area contributed by atoms with Gasteiger partial charge in [0.05, 0.1) is 5.69 Å². The zero-order valence-corrected chi connectivity index (χ0v) is 14.6. The van der Waals surface area contributed by atoms with Crippen LogP contribution in [0.3, 0.4) is 0 Å². The van der Waals surface area contributed by atoms with Crippen molar-refractivity contribution in [1.29, 1.82) is 0 Å². The maximum atomic E-state index is 12.4. The smallest absolute Gasteiger partial charge is 0.274 e. The molecule has 0 unspecified atom stereocenters. The lowest BCUT2D eigenvalue weighted by Gasteiger charge is -2.34. The van der Waals surface area contributed by atoms with Crippen LogP contribution in [0, 0.1) is 0 Å². The number of fused-ring (bicyclic) bond motifs is 1.